The number of carbonyl (C=O) groups is 2. The minimum Gasteiger partial charge on any atom is -0.457 e. The van der Waals surface area contributed by atoms with Gasteiger partial charge in [0.1, 0.15) is 11.5 Å². The second kappa shape index (κ2) is 10.8. The predicted octanol–water partition coefficient (Wildman–Crippen LogP) is 5.37. The molecule has 0 spiro atoms. The van der Waals surface area contributed by atoms with Gasteiger partial charge in [0, 0.05) is 0 Å². The van der Waals surface area contributed by atoms with Crippen LogP contribution in [0.4, 0.5) is 0 Å². The molecule has 0 amide bonds. The lowest BCUT2D eigenvalue weighted by Gasteiger charge is -2.11. The summed E-state index contributed by atoms with van der Waals surface area (Å²) in [6, 6.07) is 22.9. The van der Waals surface area contributed by atoms with Crippen LogP contribution in [0.2, 0.25) is 0 Å². The highest BCUT2D eigenvalue weighted by atomic mass is 16.7. The van der Waals surface area contributed by atoms with Crippen LogP contribution in [0.1, 0.15) is 36.2 Å². The first-order valence-electron chi connectivity index (χ1n) is 10.2. The fourth-order valence-electron chi connectivity index (χ4n) is 2.77. The first-order valence-corrected chi connectivity index (χ1v) is 10.2. The zero-order valence-corrected chi connectivity index (χ0v) is 17.9. The van der Waals surface area contributed by atoms with Gasteiger partial charge in [-0.15, -0.1) is 0 Å². The van der Waals surface area contributed by atoms with Crippen molar-refractivity contribution in [2.24, 2.45) is 5.92 Å². The number of nitrogens with zero attached hydrogens (tertiary/aromatic N) is 1. The van der Waals surface area contributed by atoms with Crippen LogP contribution in [0.25, 0.3) is 11.1 Å². The van der Waals surface area contributed by atoms with Crippen LogP contribution < -0.4 is 9.47 Å². The Morgan fingerprint density at radius 2 is 1.44 bits per heavy atom. The molecule has 0 heterocycles. The van der Waals surface area contributed by atoms with Gasteiger partial charge in [0.05, 0.1) is 23.1 Å². The first kappa shape index (κ1) is 22.6. The molecule has 6 heteroatoms. The van der Waals surface area contributed by atoms with E-state index >= 15 is 0 Å². The monoisotopic (exact) mass is 429 g/mol. The van der Waals surface area contributed by atoms with Crippen LogP contribution in [-0.4, -0.2) is 18.7 Å². The largest absolute Gasteiger partial charge is 0.457 e. The fourth-order valence-corrected chi connectivity index (χ4v) is 2.77. The third kappa shape index (κ3) is 5.96. The summed E-state index contributed by atoms with van der Waals surface area (Å²) >= 11 is 0. The van der Waals surface area contributed by atoms with Crippen molar-refractivity contribution in [2.45, 2.75) is 20.3 Å². The number of ether oxygens (including phenoxy) is 3. The Labute approximate surface area is 187 Å². The van der Waals surface area contributed by atoms with Crippen molar-refractivity contribution in [1.29, 1.82) is 5.26 Å². The zero-order valence-electron chi connectivity index (χ0n) is 17.9. The Morgan fingerprint density at radius 3 is 2.00 bits per heavy atom. The van der Waals surface area contributed by atoms with Crippen LogP contribution in [0.15, 0.2) is 72.8 Å². The molecule has 0 fully saturated rings. The van der Waals surface area contributed by atoms with Crippen molar-refractivity contribution in [3.05, 3.63) is 83.9 Å². The molecule has 0 radical (unpaired) electrons. The van der Waals surface area contributed by atoms with Crippen LogP contribution in [0.5, 0.6) is 11.5 Å². The minimum atomic E-state index is -0.495. The predicted molar refractivity (Wildman–Crippen MR) is 119 cm³/mol. The summed E-state index contributed by atoms with van der Waals surface area (Å²) in [6.45, 7) is 3.52. The third-order valence-corrected chi connectivity index (χ3v) is 4.94. The molecule has 0 aliphatic carbocycles. The van der Waals surface area contributed by atoms with Crippen LogP contribution >= 0.6 is 0 Å². The average Bonchev–Trinajstić information content (AvgIpc) is 2.84. The maximum atomic E-state index is 12.4. The molecule has 32 heavy (non-hydrogen) atoms. The topological polar surface area (TPSA) is 85.6 Å². The summed E-state index contributed by atoms with van der Waals surface area (Å²) in [5, 5.41) is 8.89. The van der Waals surface area contributed by atoms with Gasteiger partial charge in [0.15, 0.2) is 0 Å². The molecule has 0 aliphatic heterocycles. The molecule has 3 rings (SSSR count). The van der Waals surface area contributed by atoms with Crippen LogP contribution in [0.3, 0.4) is 0 Å². The van der Waals surface area contributed by atoms with E-state index in [0.29, 0.717) is 29.0 Å². The number of hydrogen-bond acceptors (Lipinski definition) is 6. The van der Waals surface area contributed by atoms with E-state index in [1.165, 1.54) is 0 Å². The third-order valence-electron chi connectivity index (χ3n) is 4.94. The van der Waals surface area contributed by atoms with Gasteiger partial charge < -0.3 is 14.2 Å². The van der Waals surface area contributed by atoms with Crippen molar-refractivity contribution in [3.63, 3.8) is 0 Å². The van der Waals surface area contributed by atoms with Gasteiger partial charge in [-0.1, -0.05) is 38.1 Å². The van der Waals surface area contributed by atoms with E-state index in [1.807, 2.05) is 31.2 Å². The van der Waals surface area contributed by atoms with Gasteiger partial charge in [-0.25, -0.2) is 4.79 Å². The van der Waals surface area contributed by atoms with Crippen LogP contribution in [0, 0.1) is 17.2 Å². The molecule has 3 aromatic rings. The second-order valence-corrected chi connectivity index (χ2v) is 7.16. The summed E-state index contributed by atoms with van der Waals surface area (Å²) in [5.74, 6) is -0.0763. The molecular formula is C26H23NO5. The van der Waals surface area contributed by atoms with E-state index in [0.717, 1.165) is 11.1 Å². The minimum absolute atomic E-state index is 0.172. The Kier molecular flexibility index (Phi) is 7.60. The highest BCUT2D eigenvalue weighted by Gasteiger charge is 2.12. The number of nitriles is 1. The highest BCUT2D eigenvalue weighted by Crippen LogP contribution is 2.23. The van der Waals surface area contributed by atoms with E-state index in [2.05, 4.69) is 6.07 Å². The smallest absolute Gasteiger partial charge is 0.343 e. The number of benzene rings is 3. The van der Waals surface area contributed by atoms with Gasteiger partial charge in [0.25, 0.3) is 0 Å². The highest BCUT2D eigenvalue weighted by molar-refractivity contribution is 5.91. The van der Waals surface area contributed by atoms with Gasteiger partial charge in [-0.3, -0.25) is 4.79 Å². The second-order valence-electron chi connectivity index (χ2n) is 7.16. The van der Waals surface area contributed by atoms with E-state index in [9.17, 15) is 9.59 Å². The van der Waals surface area contributed by atoms with Gasteiger partial charge in [-0.05, 0) is 66.1 Å². The first-order chi connectivity index (χ1) is 15.5. The summed E-state index contributed by atoms with van der Waals surface area (Å²) in [5.41, 5.74) is 2.88. The van der Waals surface area contributed by atoms with Gasteiger partial charge in [0.2, 0.25) is 6.79 Å². The SMILES string of the molecule is CCC(C)C(=O)OCOc1ccc(C(=O)Oc2ccc(-c3ccc(C#N)cc3)cc2)cc1. The molecule has 6 nitrogen and oxygen atoms in total. The number of hydrogen-bond donors (Lipinski definition) is 0. The fraction of sp³-hybridized carbons (Fsp3) is 0.192. The molecule has 0 saturated heterocycles. The molecule has 3 aromatic carbocycles. The van der Waals surface area contributed by atoms with E-state index < -0.39 is 5.97 Å². The van der Waals surface area contributed by atoms with E-state index in [-0.39, 0.29) is 18.7 Å². The normalized spacial score (nSPS) is 11.2. The number of rotatable bonds is 8. The lowest BCUT2D eigenvalue weighted by molar-refractivity contribution is -0.154. The summed E-state index contributed by atoms with van der Waals surface area (Å²) in [6.07, 6.45) is 0.702. The van der Waals surface area contributed by atoms with Crippen molar-refractivity contribution in [3.8, 4) is 28.7 Å². The molecule has 0 aliphatic rings. The molecule has 0 aromatic heterocycles. The maximum absolute atomic E-state index is 12.4. The van der Waals surface area contributed by atoms with Gasteiger partial charge >= 0.3 is 11.9 Å². The van der Waals surface area contributed by atoms with Crippen molar-refractivity contribution >= 4 is 11.9 Å². The Hall–Kier alpha value is -4.11. The summed E-state index contributed by atoms with van der Waals surface area (Å²) in [7, 11) is 0. The molecule has 1 unspecified atom stereocenters. The summed E-state index contributed by atoms with van der Waals surface area (Å²) in [4.78, 5) is 24.0. The maximum Gasteiger partial charge on any atom is 0.343 e. The van der Waals surface area contributed by atoms with Gasteiger partial charge in [-0.2, -0.15) is 5.26 Å². The van der Waals surface area contributed by atoms with E-state index in [4.69, 9.17) is 19.5 Å². The Morgan fingerprint density at radius 1 is 0.875 bits per heavy atom. The number of esters is 2. The van der Waals surface area contributed by atoms with Crippen molar-refractivity contribution in [1.82, 2.24) is 0 Å². The lowest BCUT2D eigenvalue weighted by atomic mass is 10.0. The Bertz CT molecular complexity index is 1100. The van der Waals surface area contributed by atoms with Crippen molar-refractivity contribution < 1.29 is 23.8 Å². The Balaban J connectivity index is 1.54. The molecule has 0 N–H and O–H groups in total. The summed E-state index contributed by atoms with van der Waals surface area (Å²) < 4.78 is 15.8. The molecule has 0 bridgehead atoms. The molecular weight excluding hydrogens is 406 g/mol. The molecule has 1 atom stereocenters. The molecule has 0 saturated carbocycles. The average molecular weight is 429 g/mol. The standard InChI is InChI=1S/C26H23NO5/c1-3-18(2)25(28)31-17-30-23-12-10-22(11-13-23)26(29)32-24-14-8-21(9-15-24)20-6-4-19(16-27)5-7-20/h4-15,18H,3,17H2,1-2H3. The number of carbonyl (C=O) groups excluding carboxylic acids is 2. The van der Waals surface area contributed by atoms with Crippen LogP contribution in [-0.2, 0) is 9.53 Å². The van der Waals surface area contributed by atoms with Crippen molar-refractivity contribution in [2.75, 3.05) is 6.79 Å². The van der Waals surface area contributed by atoms with E-state index in [1.54, 1.807) is 55.5 Å². The lowest BCUT2D eigenvalue weighted by Crippen LogP contribution is -2.17. The zero-order chi connectivity index (χ0) is 22.9. The molecule has 162 valence electrons. The quantitative estimate of drug-likeness (QED) is 0.272.